The zero-order chi connectivity index (χ0) is 14.5. The Morgan fingerprint density at radius 3 is 2.80 bits per heavy atom. The highest BCUT2D eigenvalue weighted by atomic mass is 127. The van der Waals surface area contributed by atoms with Crippen LogP contribution in [0.25, 0.3) is 0 Å². The van der Waals surface area contributed by atoms with Crippen LogP contribution in [0, 0.1) is 6.92 Å². The molecule has 6 heteroatoms. The third-order valence-corrected chi connectivity index (χ3v) is 5.07. The lowest BCUT2D eigenvalue weighted by Crippen LogP contribution is -2.29. The highest BCUT2D eigenvalue weighted by Crippen LogP contribution is 2.31. The summed E-state index contributed by atoms with van der Waals surface area (Å²) in [5.74, 6) is 2.05. The Kier molecular flexibility index (Phi) is 5.98. The summed E-state index contributed by atoms with van der Waals surface area (Å²) in [6, 6.07) is 0. The minimum atomic E-state index is 0.337. The second-order valence-electron chi connectivity index (χ2n) is 5.41. The van der Waals surface area contributed by atoms with Crippen molar-refractivity contribution in [2.75, 3.05) is 33.8 Å². The molecule has 0 amide bonds. The second kappa shape index (κ2) is 7.51. The lowest BCUT2D eigenvalue weighted by Gasteiger charge is -2.25. The molecular formula is C14H23IN4O. The van der Waals surface area contributed by atoms with E-state index in [9.17, 15) is 0 Å². The van der Waals surface area contributed by atoms with Crippen LogP contribution in [-0.2, 0) is 0 Å². The summed E-state index contributed by atoms with van der Waals surface area (Å²) in [5.41, 5.74) is 1.17. The second-order valence-corrected chi connectivity index (χ2v) is 6.85. The van der Waals surface area contributed by atoms with Crippen LogP contribution in [0.15, 0.2) is 6.20 Å². The van der Waals surface area contributed by atoms with Gasteiger partial charge >= 0.3 is 0 Å². The molecule has 1 fully saturated rings. The van der Waals surface area contributed by atoms with Gasteiger partial charge in [-0.15, -0.1) is 0 Å². The van der Waals surface area contributed by atoms with E-state index < -0.39 is 0 Å². The molecule has 1 saturated heterocycles. The molecule has 1 atom stereocenters. The van der Waals surface area contributed by atoms with Crippen molar-refractivity contribution in [3.63, 3.8) is 0 Å². The van der Waals surface area contributed by atoms with Crippen molar-refractivity contribution in [3.05, 3.63) is 17.6 Å². The predicted molar refractivity (Wildman–Crippen MR) is 88.6 cm³/mol. The Morgan fingerprint density at radius 1 is 1.45 bits per heavy atom. The quantitative estimate of drug-likeness (QED) is 0.473. The van der Waals surface area contributed by atoms with Gasteiger partial charge in [-0.2, -0.15) is 4.98 Å². The fraction of sp³-hybridized carbons (Fsp3) is 0.714. The number of piperidine rings is 1. The number of hydrogen-bond donors (Lipinski definition) is 1. The van der Waals surface area contributed by atoms with Crippen LogP contribution in [0.1, 0.15) is 30.1 Å². The Balaban J connectivity index is 2.11. The van der Waals surface area contributed by atoms with E-state index in [1.807, 2.05) is 13.1 Å². The summed E-state index contributed by atoms with van der Waals surface area (Å²) in [5, 5.41) is 3.39. The van der Waals surface area contributed by atoms with E-state index >= 15 is 0 Å². The Morgan fingerprint density at radius 2 is 2.15 bits per heavy atom. The molecular weight excluding hydrogens is 367 g/mol. The van der Waals surface area contributed by atoms with Gasteiger partial charge in [0.05, 0.1) is 4.05 Å². The van der Waals surface area contributed by atoms with Crippen LogP contribution in [0.2, 0.25) is 0 Å². The van der Waals surface area contributed by atoms with Gasteiger partial charge in [-0.3, -0.25) is 4.90 Å². The highest BCUT2D eigenvalue weighted by molar-refractivity contribution is 14.1. The van der Waals surface area contributed by atoms with Crippen molar-refractivity contribution in [1.82, 2.24) is 20.2 Å². The van der Waals surface area contributed by atoms with E-state index in [1.165, 1.54) is 5.56 Å². The normalized spacial score (nSPS) is 18.2. The van der Waals surface area contributed by atoms with Gasteiger partial charge in [-0.25, -0.2) is 4.98 Å². The monoisotopic (exact) mass is 390 g/mol. The molecule has 1 aromatic rings. The maximum absolute atomic E-state index is 5.97. The fourth-order valence-electron chi connectivity index (χ4n) is 2.28. The first-order valence-corrected chi connectivity index (χ1v) is 8.30. The van der Waals surface area contributed by atoms with Gasteiger partial charge in [0.15, 0.2) is 0 Å². The Bertz CT molecular complexity index is 435. The van der Waals surface area contributed by atoms with Gasteiger partial charge in [0.25, 0.3) is 0 Å². The number of alkyl halides is 1. The van der Waals surface area contributed by atoms with Crippen LogP contribution in [-0.4, -0.2) is 52.7 Å². The number of nitrogens with one attached hydrogen (secondary N) is 1. The van der Waals surface area contributed by atoms with Gasteiger partial charge in [-0.1, -0.05) is 22.6 Å². The van der Waals surface area contributed by atoms with E-state index in [4.69, 9.17) is 4.74 Å². The summed E-state index contributed by atoms with van der Waals surface area (Å²) in [7, 11) is 4.11. The van der Waals surface area contributed by atoms with Crippen molar-refractivity contribution < 1.29 is 4.74 Å². The third-order valence-electron chi connectivity index (χ3n) is 3.60. The third kappa shape index (κ3) is 4.26. The zero-order valence-corrected chi connectivity index (χ0v) is 14.6. The average molecular weight is 390 g/mol. The molecule has 0 saturated carbocycles. The first-order chi connectivity index (χ1) is 9.58. The lowest BCUT2D eigenvalue weighted by molar-refractivity contribution is 0.238. The largest absolute Gasteiger partial charge is 0.475 e. The highest BCUT2D eigenvalue weighted by Gasteiger charge is 2.21. The van der Waals surface area contributed by atoms with Crippen LogP contribution in [0.4, 0.5) is 0 Å². The Hall–Kier alpha value is -0.470. The number of likely N-dealkylation sites (N-methyl/N-ethyl adjacent to an activating group) is 1. The summed E-state index contributed by atoms with van der Waals surface area (Å²) in [6.07, 6.45) is 4.21. The van der Waals surface area contributed by atoms with Crippen LogP contribution >= 0.6 is 22.6 Å². The smallest absolute Gasteiger partial charge is 0.220 e. The van der Waals surface area contributed by atoms with Gasteiger partial charge in [0.1, 0.15) is 12.4 Å². The number of rotatable bonds is 5. The number of aromatic nitrogens is 2. The standard InChI is InChI=1S/C14H23IN4O/c1-10-17-8-12(11-4-6-16-7-5-11)14(18-10)20-9-13(15)19(2)3/h8,11,13,16H,4-7,9H2,1-3H3/t13-/m0/s1. The van der Waals surface area contributed by atoms with Gasteiger partial charge in [0, 0.05) is 11.8 Å². The molecule has 1 aromatic heterocycles. The molecule has 112 valence electrons. The molecule has 1 aliphatic heterocycles. The maximum Gasteiger partial charge on any atom is 0.220 e. The molecule has 0 aromatic carbocycles. The lowest BCUT2D eigenvalue weighted by atomic mass is 9.92. The average Bonchev–Trinajstić information content (AvgIpc) is 2.45. The molecule has 2 heterocycles. The van der Waals surface area contributed by atoms with E-state index in [0.29, 0.717) is 16.6 Å². The van der Waals surface area contributed by atoms with Crippen LogP contribution < -0.4 is 10.1 Å². The van der Waals surface area contributed by atoms with Crippen molar-refractivity contribution in [3.8, 4) is 5.88 Å². The number of aryl methyl sites for hydroxylation is 1. The SMILES string of the molecule is Cc1ncc(C2CCNCC2)c(OC[C@@H](I)N(C)C)n1. The molecule has 1 N–H and O–H groups in total. The van der Waals surface area contributed by atoms with E-state index in [1.54, 1.807) is 0 Å². The predicted octanol–water partition coefficient (Wildman–Crippen LogP) is 1.95. The van der Waals surface area contributed by atoms with Gasteiger partial charge < -0.3 is 10.1 Å². The molecule has 0 radical (unpaired) electrons. The van der Waals surface area contributed by atoms with Gasteiger partial charge in [0.2, 0.25) is 5.88 Å². The minimum absolute atomic E-state index is 0.337. The summed E-state index contributed by atoms with van der Waals surface area (Å²) in [6.45, 7) is 4.67. The number of ether oxygens (including phenoxy) is 1. The first kappa shape index (κ1) is 15.9. The van der Waals surface area contributed by atoms with Crippen molar-refractivity contribution in [1.29, 1.82) is 0 Å². The molecule has 2 rings (SSSR count). The zero-order valence-electron chi connectivity index (χ0n) is 12.4. The fourth-order valence-corrected chi connectivity index (χ4v) is 2.46. The molecule has 0 bridgehead atoms. The van der Waals surface area contributed by atoms with Gasteiger partial charge in [-0.05, 0) is 52.9 Å². The van der Waals surface area contributed by atoms with Crippen molar-refractivity contribution >= 4 is 22.6 Å². The summed E-state index contributed by atoms with van der Waals surface area (Å²) >= 11 is 2.38. The Labute approximate surface area is 134 Å². The van der Waals surface area contributed by atoms with Crippen molar-refractivity contribution in [2.45, 2.75) is 29.7 Å². The molecule has 5 nitrogen and oxygen atoms in total. The topological polar surface area (TPSA) is 50.3 Å². The van der Waals surface area contributed by atoms with Crippen LogP contribution in [0.3, 0.4) is 0 Å². The minimum Gasteiger partial charge on any atom is -0.475 e. The van der Waals surface area contributed by atoms with E-state index in [-0.39, 0.29) is 0 Å². The van der Waals surface area contributed by atoms with E-state index in [0.717, 1.165) is 37.6 Å². The van der Waals surface area contributed by atoms with Crippen LogP contribution in [0.5, 0.6) is 5.88 Å². The number of hydrogen-bond acceptors (Lipinski definition) is 5. The molecule has 0 unspecified atom stereocenters. The molecule has 0 aliphatic carbocycles. The summed E-state index contributed by atoms with van der Waals surface area (Å²) in [4.78, 5) is 11.0. The number of nitrogens with zero attached hydrogens (tertiary/aromatic N) is 3. The number of halogens is 1. The van der Waals surface area contributed by atoms with Crippen molar-refractivity contribution in [2.24, 2.45) is 0 Å². The summed E-state index contributed by atoms with van der Waals surface area (Å²) < 4.78 is 6.31. The molecule has 1 aliphatic rings. The molecule has 0 spiro atoms. The molecule has 20 heavy (non-hydrogen) atoms. The van der Waals surface area contributed by atoms with E-state index in [2.05, 4.69) is 56.9 Å². The maximum atomic E-state index is 5.97. The first-order valence-electron chi connectivity index (χ1n) is 7.05.